The Morgan fingerprint density at radius 1 is 0.917 bits per heavy atom. The van der Waals surface area contributed by atoms with E-state index in [1.54, 1.807) is 0 Å². The number of hydrogen-bond donors (Lipinski definition) is 2. The number of hydrogen-bond acceptors (Lipinski definition) is 6. The molecule has 2 aromatic rings. The Morgan fingerprint density at radius 3 is 2.19 bits per heavy atom. The maximum absolute atomic E-state index is 11.0. The Bertz CT molecular complexity index is 905. The number of aliphatic hydroxyl groups is 2. The molecule has 3 rings (SSSR count). The molecule has 0 spiro atoms. The minimum atomic E-state index is -0.981. The van der Waals surface area contributed by atoms with Crippen molar-refractivity contribution < 1.29 is 29.2 Å². The number of rotatable bonds is 14. The van der Waals surface area contributed by atoms with Crippen LogP contribution in [0.5, 0.6) is 5.75 Å². The lowest BCUT2D eigenvalue weighted by molar-refractivity contribution is -0.255. The fourth-order valence-electron chi connectivity index (χ4n) is 4.44. The van der Waals surface area contributed by atoms with Gasteiger partial charge in [0.05, 0.1) is 13.2 Å². The van der Waals surface area contributed by atoms with Crippen LogP contribution in [0.4, 0.5) is 0 Å². The molecule has 1 aliphatic rings. The van der Waals surface area contributed by atoms with Gasteiger partial charge in [-0.1, -0.05) is 62.6 Å². The molecule has 0 amide bonds. The lowest BCUT2D eigenvalue weighted by atomic mass is 9.89. The molecule has 0 bridgehead atoms. The van der Waals surface area contributed by atoms with Gasteiger partial charge in [-0.2, -0.15) is 0 Å². The smallest absolute Gasteiger partial charge is 0.119 e. The van der Waals surface area contributed by atoms with Gasteiger partial charge in [0.25, 0.3) is 0 Å². The summed E-state index contributed by atoms with van der Waals surface area (Å²) in [6, 6.07) is 13.8. The lowest BCUT2D eigenvalue weighted by Crippen LogP contribution is -2.57. The van der Waals surface area contributed by atoms with Crippen molar-refractivity contribution >= 4 is 11.6 Å². The van der Waals surface area contributed by atoms with Gasteiger partial charge in [-0.05, 0) is 61.1 Å². The summed E-state index contributed by atoms with van der Waals surface area (Å²) in [7, 11) is 0. The topological polar surface area (TPSA) is 77.4 Å². The van der Waals surface area contributed by atoms with Gasteiger partial charge in [0.2, 0.25) is 0 Å². The molecule has 1 fully saturated rings. The van der Waals surface area contributed by atoms with E-state index in [0.717, 1.165) is 48.1 Å². The van der Waals surface area contributed by atoms with Crippen LogP contribution in [0.1, 0.15) is 69.2 Å². The van der Waals surface area contributed by atoms with Crippen molar-refractivity contribution in [3.8, 4) is 5.75 Å². The second-order valence-corrected chi connectivity index (χ2v) is 9.66. The molecule has 0 aliphatic carbocycles. The zero-order chi connectivity index (χ0) is 25.9. The number of benzene rings is 2. The largest absolute Gasteiger partial charge is 0.494 e. The zero-order valence-corrected chi connectivity index (χ0v) is 22.5. The first-order chi connectivity index (χ1) is 17.5. The van der Waals surface area contributed by atoms with Crippen LogP contribution in [-0.2, 0) is 20.6 Å². The fraction of sp³-hybridized carbons (Fsp3) is 0.586. The highest BCUT2D eigenvalue weighted by Gasteiger charge is 2.47. The van der Waals surface area contributed by atoms with E-state index in [1.165, 1.54) is 0 Å². The predicted molar refractivity (Wildman–Crippen MR) is 142 cm³/mol. The summed E-state index contributed by atoms with van der Waals surface area (Å²) < 4.78 is 24.2. The van der Waals surface area contributed by atoms with Crippen LogP contribution >= 0.6 is 11.6 Å². The fourth-order valence-corrected chi connectivity index (χ4v) is 4.63. The van der Waals surface area contributed by atoms with Crippen molar-refractivity contribution in [1.82, 2.24) is 0 Å². The summed E-state index contributed by atoms with van der Waals surface area (Å²) in [5.41, 5.74) is 2.96. The predicted octanol–water partition coefficient (Wildman–Crippen LogP) is 5.49. The van der Waals surface area contributed by atoms with Crippen LogP contribution in [0.3, 0.4) is 0 Å². The van der Waals surface area contributed by atoms with Gasteiger partial charge in [0.1, 0.15) is 36.3 Å². The average Bonchev–Trinajstić information content (AvgIpc) is 2.88. The minimum absolute atomic E-state index is 0.306. The molecule has 1 saturated heterocycles. The first-order valence-electron chi connectivity index (χ1n) is 13.2. The summed E-state index contributed by atoms with van der Waals surface area (Å²) in [6.45, 7) is 7.54. The SMILES string of the molecule is CCCCOC1[C@@H](OCCCC)[C@H](c2ccc(Cl)c(Cc3ccc(OCC)cc3)c2)O[C@H](CO)[C@H]1O. The molecule has 36 heavy (non-hydrogen) atoms. The molecule has 1 heterocycles. The molecular formula is C29H41ClO6. The van der Waals surface area contributed by atoms with Crippen LogP contribution in [0.15, 0.2) is 42.5 Å². The quantitative estimate of drug-likeness (QED) is 0.321. The molecule has 1 aliphatic heterocycles. The molecule has 2 N–H and O–H groups in total. The third-order valence-electron chi connectivity index (χ3n) is 6.48. The van der Waals surface area contributed by atoms with Crippen LogP contribution in [0.25, 0.3) is 0 Å². The Labute approximate surface area is 220 Å². The standard InChI is InChI=1S/C29H41ClO6/c1-4-7-15-34-28-26(32)25(19-31)36-27(29(28)35-16-8-5-2)21-11-14-24(30)22(18-21)17-20-9-12-23(13-10-20)33-6-3/h9-14,18,25-29,31-32H,4-8,15-17,19H2,1-3H3/t25-,26-,27+,28?,29+/m1/s1. The van der Waals surface area contributed by atoms with E-state index in [4.69, 9.17) is 30.5 Å². The molecule has 5 atom stereocenters. The van der Waals surface area contributed by atoms with E-state index < -0.39 is 30.5 Å². The molecule has 2 aromatic carbocycles. The van der Waals surface area contributed by atoms with Crippen molar-refractivity contribution in [1.29, 1.82) is 0 Å². The maximum Gasteiger partial charge on any atom is 0.119 e. The van der Waals surface area contributed by atoms with E-state index >= 15 is 0 Å². The highest BCUT2D eigenvalue weighted by Crippen LogP contribution is 2.37. The highest BCUT2D eigenvalue weighted by atomic mass is 35.5. The van der Waals surface area contributed by atoms with Gasteiger partial charge < -0.3 is 29.2 Å². The minimum Gasteiger partial charge on any atom is -0.494 e. The molecule has 6 nitrogen and oxygen atoms in total. The average molecular weight is 521 g/mol. The maximum atomic E-state index is 11.0. The monoisotopic (exact) mass is 520 g/mol. The molecule has 1 unspecified atom stereocenters. The molecular weight excluding hydrogens is 480 g/mol. The van der Waals surface area contributed by atoms with Crippen LogP contribution in [0, 0.1) is 0 Å². The lowest BCUT2D eigenvalue weighted by Gasteiger charge is -2.44. The van der Waals surface area contributed by atoms with Gasteiger partial charge in [0.15, 0.2) is 0 Å². The van der Waals surface area contributed by atoms with E-state index in [9.17, 15) is 10.2 Å². The second-order valence-electron chi connectivity index (χ2n) is 9.25. The van der Waals surface area contributed by atoms with Gasteiger partial charge >= 0.3 is 0 Å². The Morgan fingerprint density at radius 2 is 1.58 bits per heavy atom. The van der Waals surface area contributed by atoms with Crippen LogP contribution < -0.4 is 4.74 Å². The van der Waals surface area contributed by atoms with Crippen LogP contribution in [-0.4, -0.2) is 61.1 Å². The molecule has 7 heteroatoms. The summed E-state index contributed by atoms with van der Waals surface area (Å²) in [5.74, 6) is 0.839. The zero-order valence-electron chi connectivity index (χ0n) is 21.7. The van der Waals surface area contributed by atoms with Gasteiger partial charge in [0, 0.05) is 18.2 Å². The van der Waals surface area contributed by atoms with Crippen LogP contribution in [0.2, 0.25) is 5.02 Å². The van der Waals surface area contributed by atoms with E-state index in [-0.39, 0.29) is 6.61 Å². The van der Waals surface area contributed by atoms with Crippen molar-refractivity contribution in [2.75, 3.05) is 26.4 Å². The molecule has 0 radical (unpaired) electrons. The van der Waals surface area contributed by atoms with E-state index in [0.29, 0.717) is 31.3 Å². The second kappa shape index (κ2) is 14.9. The number of halogens is 1. The normalized spacial score (nSPS) is 24.1. The third kappa shape index (κ3) is 7.67. The third-order valence-corrected chi connectivity index (χ3v) is 6.85. The van der Waals surface area contributed by atoms with Crippen molar-refractivity contribution in [2.24, 2.45) is 0 Å². The van der Waals surface area contributed by atoms with Gasteiger partial charge in [-0.15, -0.1) is 0 Å². The first kappa shape index (κ1) is 28.9. The number of ether oxygens (including phenoxy) is 4. The van der Waals surface area contributed by atoms with E-state index in [2.05, 4.69) is 13.8 Å². The van der Waals surface area contributed by atoms with Crippen molar-refractivity contribution in [2.45, 2.75) is 83.4 Å². The van der Waals surface area contributed by atoms with E-state index in [1.807, 2.05) is 49.4 Å². The molecule has 0 aromatic heterocycles. The highest BCUT2D eigenvalue weighted by molar-refractivity contribution is 6.31. The Kier molecular flexibility index (Phi) is 12.0. The molecule has 200 valence electrons. The summed E-state index contributed by atoms with van der Waals surface area (Å²) in [5, 5.41) is 21.6. The van der Waals surface area contributed by atoms with Crippen molar-refractivity contribution in [3.63, 3.8) is 0 Å². The van der Waals surface area contributed by atoms with Gasteiger partial charge in [-0.3, -0.25) is 0 Å². The Hall–Kier alpha value is -1.67. The number of aliphatic hydroxyl groups excluding tert-OH is 2. The summed E-state index contributed by atoms with van der Waals surface area (Å²) in [6.07, 6.45) is 1.04. The van der Waals surface area contributed by atoms with Crippen molar-refractivity contribution in [3.05, 3.63) is 64.2 Å². The summed E-state index contributed by atoms with van der Waals surface area (Å²) in [4.78, 5) is 0. The molecule has 0 saturated carbocycles. The Balaban J connectivity index is 1.88. The first-order valence-corrected chi connectivity index (χ1v) is 13.6. The number of unbranched alkanes of at least 4 members (excludes halogenated alkanes) is 2. The summed E-state index contributed by atoms with van der Waals surface area (Å²) >= 11 is 6.60. The van der Waals surface area contributed by atoms with Gasteiger partial charge in [-0.25, -0.2) is 0 Å².